The summed E-state index contributed by atoms with van der Waals surface area (Å²) in [6.07, 6.45) is 0.702. The Bertz CT molecular complexity index is 453. The van der Waals surface area contributed by atoms with Crippen molar-refractivity contribution >= 4 is 5.96 Å². The molecule has 158 valence electrons. The highest BCUT2D eigenvalue weighted by molar-refractivity contribution is 5.79. The first kappa shape index (κ1) is 22.3. The van der Waals surface area contributed by atoms with Gasteiger partial charge < -0.3 is 15.1 Å². The Labute approximate surface area is 162 Å². The molecule has 2 rings (SSSR count). The number of halogens is 3. The van der Waals surface area contributed by atoms with Gasteiger partial charge in [0, 0.05) is 39.8 Å². The zero-order chi connectivity index (χ0) is 19.9. The molecule has 0 saturated carbocycles. The number of likely N-dealkylation sites (tertiary alicyclic amines) is 1. The van der Waals surface area contributed by atoms with Gasteiger partial charge in [-0.25, -0.2) is 0 Å². The highest BCUT2D eigenvalue weighted by Gasteiger charge is 2.41. The van der Waals surface area contributed by atoms with Gasteiger partial charge >= 0.3 is 6.18 Å². The Balaban J connectivity index is 1.62. The highest BCUT2D eigenvalue weighted by Crippen LogP contribution is 2.25. The lowest BCUT2D eigenvalue weighted by Gasteiger charge is -2.39. The van der Waals surface area contributed by atoms with Crippen LogP contribution in [0.2, 0.25) is 0 Å². The van der Waals surface area contributed by atoms with E-state index in [2.05, 4.69) is 27.0 Å². The summed E-state index contributed by atoms with van der Waals surface area (Å²) in [6, 6.07) is -1.38. The van der Waals surface area contributed by atoms with Gasteiger partial charge in [-0.1, -0.05) is 6.92 Å². The van der Waals surface area contributed by atoms with Crippen molar-refractivity contribution in [3.8, 4) is 0 Å². The molecule has 0 radical (unpaired) electrons. The summed E-state index contributed by atoms with van der Waals surface area (Å²) in [6.45, 7) is 9.99. The largest absolute Gasteiger partial charge is 0.403 e. The second-order valence-corrected chi connectivity index (χ2v) is 7.95. The number of piperazine rings is 1. The second kappa shape index (κ2) is 10.5. The molecule has 0 amide bonds. The molecule has 2 heterocycles. The molecule has 1 unspecified atom stereocenters. The van der Waals surface area contributed by atoms with Crippen LogP contribution in [0, 0.1) is 5.92 Å². The molecule has 2 aliphatic rings. The maximum absolute atomic E-state index is 12.9. The number of nitrogens with one attached hydrogen (secondary N) is 1. The average molecular weight is 392 g/mol. The summed E-state index contributed by atoms with van der Waals surface area (Å²) in [5.41, 5.74) is 0. The molecule has 5 nitrogen and oxygen atoms in total. The van der Waals surface area contributed by atoms with Crippen LogP contribution < -0.4 is 5.32 Å². The molecule has 0 aromatic rings. The lowest BCUT2D eigenvalue weighted by Crippen LogP contribution is -2.56. The number of hydrogen-bond acceptors (Lipinski definition) is 3. The summed E-state index contributed by atoms with van der Waals surface area (Å²) in [5, 5.41) is 3.37. The van der Waals surface area contributed by atoms with Gasteiger partial charge in [-0.05, 0) is 58.2 Å². The van der Waals surface area contributed by atoms with Crippen molar-refractivity contribution in [3.05, 3.63) is 0 Å². The zero-order valence-electron chi connectivity index (χ0n) is 17.1. The lowest BCUT2D eigenvalue weighted by molar-refractivity contribution is -0.181. The molecular weight excluding hydrogens is 355 g/mol. The van der Waals surface area contributed by atoms with E-state index in [4.69, 9.17) is 0 Å². The van der Waals surface area contributed by atoms with Crippen LogP contribution in [-0.2, 0) is 0 Å². The van der Waals surface area contributed by atoms with Gasteiger partial charge in [0.15, 0.2) is 5.96 Å². The van der Waals surface area contributed by atoms with E-state index >= 15 is 0 Å². The molecule has 0 spiro atoms. The second-order valence-electron chi connectivity index (χ2n) is 7.95. The van der Waals surface area contributed by atoms with E-state index in [1.165, 1.54) is 37.8 Å². The molecule has 27 heavy (non-hydrogen) atoms. The standard InChI is InChI=1S/C19H36F3N5/c1-16-6-10-25(11-7-16)9-5-4-8-24-18(23-3)27-14-12-26(13-15-27)17(2)19(20,21)22/h16-17H,4-15H2,1-3H3,(H,23,24). The van der Waals surface area contributed by atoms with Gasteiger partial charge in [-0.15, -0.1) is 0 Å². The Hall–Kier alpha value is -1.02. The predicted octanol–water partition coefficient (Wildman–Crippen LogP) is 2.64. The Morgan fingerprint density at radius 3 is 2.26 bits per heavy atom. The van der Waals surface area contributed by atoms with Crippen LogP contribution in [0.4, 0.5) is 13.2 Å². The van der Waals surface area contributed by atoms with Crippen molar-refractivity contribution < 1.29 is 13.2 Å². The van der Waals surface area contributed by atoms with E-state index in [0.717, 1.165) is 37.8 Å². The molecule has 0 aromatic carbocycles. The molecule has 0 bridgehead atoms. The third-order valence-corrected chi connectivity index (χ3v) is 5.91. The summed E-state index contributed by atoms with van der Waals surface area (Å²) >= 11 is 0. The summed E-state index contributed by atoms with van der Waals surface area (Å²) in [7, 11) is 1.74. The number of alkyl halides is 3. The fraction of sp³-hybridized carbons (Fsp3) is 0.947. The molecule has 1 N–H and O–H groups in total. The van der Waals surface area contributed by atoms with Gasteiger partial charge in [0.1, 0.15) is 6.04 Å². The van der Waals surface area contributed by atoms with E-state index < -0.39 is 12.2 Å². The van der Waals surface area contributed by atoms with E-state index in [-0.39, 0.29) is 0 Å². The van der Waals surface area contributed by atoms with E-state index in [9.17, 15) is 13.2 Å². The number of nitrogens with zero attached hydrogens (tertiary/aromatic N) is 4. The van der Waals surface area contributed by atoms with Crippen molar-refractivity contribution in [2.45, 2.75) is 51.7 Å². The minimum absolute atomic E-state index is 0.411. The third-order valence-electron chi connectivity index (χ3n) is 5.91. The smallest absolute Gasteiger partial charge is 0.356 e. The van der Waals surface area contributed by atoms with Crippen molar-refractivity contribution in [1.82, 2.24) is 20.0 Å². The molecule has 0 aromatic heterocycles. The van der Waals surface area contributed by atoms with Gasteiger partial charge in [0.25, 0.3) is 0 Å². The topological polar surface area (TPSA) is 34.1 Å². The maximum atomic E-state index is 12.9. The number of piperidine rings is 1. The van der Waals surface area contributed by atoms with Crippen LogP contribution in [0.25, 0.3) is 0 Å². The van der Waals surface area contributed by atoms with Crippen LogP contribution in [0.5, 0.6) is 0 Å². The van der Waals surface area contributed by atoms with Crippen LogP contribution in [0.3, 0.4) is 0 Å². The monoisotopic (exact) mass is 391 g/mol. The first-order chi connectivity index (χ1) is 12.8. The van der Waals surface area contributed by atoms with Crippen molar-refractivity contribution in [2.24, 2.45) is 10.9 Å². The fourth-order valence-electron chi connectivity index (χ4n) is 3.81. The molecule has 2 aliphatic heterocycles. The van der Waals surface area contributed by atoms with Crippen LogP contribution >= 0.6 is 0 Å². The number of guanidine groups is 1. The van der Waals surface area contributed by atoms with Crippen molar-refractivity contribution in [2.75, 3.05) is 59.4 Å². The SMILES string of the molecule is CN=C(NCCCCN1CCC(C)CC1)N1CCN(C(C)C(F)(F)F)CC1. The number of rotatable bonds is 6. The van der Waals surface area contributed by atoms with Crippen LogP contribution in [0.15, 0.2) is 4.99 Å². The maximum Gasteiger partial charge on any atom is 0.403 e. The third kappa shape index (κ3) is 7.14. The van der Waals surface area contributed by atoms with Crippen LogP contribution in [-0.4, -0.2) is 92.3 Å². The highest BCUT2D eigenvalue weighted by atomic mass is 19.4. The van der Waals surface area contributed by atoms with E-state index in [1.54, 1.807) is 7.05 Å². The van der Waals surface area contributed by atoms with Gasteiger partial charge in [-0.3, -0.25) is 9.89 Å². The molecule has 1 atom stereocenters. The molecule has 0 aliphatic carbocycles. The van der Waals surface area contributed by atoms with Gasteiger partial charge in [0.05, 0.1) is 0 Å². The van der Waals surface area contributed by atoms with E-state index in [0.29, 0.717) is 26.2 Å². The van der Waals surface area contributed by atoms with E-state index in [1.807, 2.05) is 0 Å². The molecule has 8 heteroatoms. The fourth-order valence-corrected chi connectivity index (χ4v) is 3.81. The first-order valence-electron chi connectivity index (χ1n) is 10.3. The summed E-state index contributed by atoms with van der Waals surface area (Å²) in [4.78, 5) is 10.4. The lowest BCUT2D eigenvalue weighted by atomic mass is 9.99. The zero-order valence-corrected chi connectivity index (χ0v) is 17.1. The van der Waals surface area contributed by atoms with Crippen molar-refractivity contribution in [1.29, 1.82) is 0 Å². The molecule has 2 fully saturated rings. The first-order valence-corrected chi connectivity index (χ1v) is 10.3. The summed E-state index contributed by atoms with van der Waals surface area (Å²) in [5.74, 6) is 1.67. The Morgan fingerprint density at radius 1 is 1.07 bits per heavy atom. The molecule has 2 saturated heterocycles. The van der Waals surface area contributed by atoms with Crippen molar-refractivity contribution in [3.63, 3.8) is 0 Å². The minimum atomic E-state index is -4.16. The van der Waals surface area contributed by atoms with Crippen LogP contribution in [0.1, 0.15) is 39.5 Å². The average Bonchev–Trinajstić information content (AvgIpc) is 2.65. The number of aliphatic imine (C=N–C) groups is 1. The summed E-state index contributed by atoms with van der Waals surface area (Å²) < 4.78 is 38.6. The Kier molecular flexibility index (Phi) is 8.66. The minimum Gasteiger partial charge on any atom is -0.356 e. The quantitative estimate of drug-likeness (QED) is 0.429. The number of unbranched alkanes of at least 4 members (excludes halogenated alkanes) is 1. The Morgan fingerprint density at radius 2 is 1.70 bits per heavy atom. The molecular formula is C19H36F3N5. The number of hydrogen-bond donors (Lipinski definition) is 1. The van der Waals surface area contributed by atoms with Gasteiger partial charge in [-0.2, -0.15) is 13.2 Å². The van der Waals surface area contributed by atoms with Gasteiger partial charge in [0.2, 0.25) is 0 Å². The predicted molar refractivity (Wildman–Crippen MR) is 104 cm³/mol. The normalized spacial score (nSPS) is 22.9.